The van der Waals surface area contributed by atoms with Crippen molar-refractivity contribution in [2.45, 2.75) is 38.8 Å². The van der Waals surface area contributed by atoms with Gasteiger partial charge in [-0.2, -0.15) is 0 Å². The molecule has 0 aromatic carbocycles. The van der Waals surface area contributed by atoms with Crippen LogP contribution < -0.4 is 11.1 Å². The predicted octanol–water partition coefficient (Wildman–Crippen LogP) is 2.83. The molecule has 1 aromatic heterocycles. The van der Waals surface area contributed by atoms with Crippen LogP contribution in [0.1, 0.15) is 36.9 Å². The average molecular weight is 390 g/mol. The van der Waals surface area contributed by atoms with Gasteiger partial charge in [0, 0.05) is 19.1 Å². The molecular weight excluding hydrogens is 370 g/mol. The summed E-state index contributed by atoms with van der Waals surface area (Å²) in [7, 11) is 0. The summed E-state index contributed by atoms with van der Waals surface area (Å²) in [4.78, 5) is 26.3. The second-order valence-electron chi connectivity index (χ2n) is 6.22. The number of nitrogen functional groups attached to an aromatic ring is 1. The standard InChI is InChI=1S/C14H20BrN3O3S/c1-14(2,3)21-13(20)18-5-4-8(7-18)17-12(19)11-9(16)6-10(15)22-11/h6,8H,4-5,7,16H2,1-3H3,(H,17,19). The maximum absolute atomic E-state index is 12.2. The molecule has 2 rings (SSSR count). The Morgan fingerprint density at radius 1 is 1.50 bits per heavy atom. The highest BCUT2D eigenvalue weighted by atomic mass is 79.9. The molecule has 2 heterocycles. The van der Waals surface area contributed by atoms with Crippen LogP contribution in [0.4, 0.5) is 10.5 Å². The van der Waals surface area contributed by atoms with Crippen molar-refractivity contribution in [1.82, 2.24) is 10.2 Å². The van der Waals surface area contributed by atoms with Crippen molar-refractivity contribution in [3.8, 4) is 0 Å². The molecule has 1 aromatic rings. The fourth-order valence-corrected chi connectivity index (χ4v) is 3.61. The van der Waals surface area contributed by atoms with Gasteiger partial charge in [0.2, 0.25) is 0 Å². The van der Waals surface area contributed by atoms with Crippen LogP contribution in [-0.4, -0.2) is 41.6 Å². The van der Waals surface area contributed by atoms with Gasteiger partial charge < -0.3 is 20.7 Å². The van der Waals surface area contributed by atoms with E-state index >= 15 is 0 Å². The molecule has 122 valence electrons. The molecule has 2 amide bonds. The molecule has 1 atom stereocenters. The lowest BCUT2D eigenvalue weighted by molar-refractivity contribution is 0.0290. The lowest BCUT2D eigenvalue weighted by atomic mass is 10.2. The Morgan fingerprint density at radius 3 is 2.73 bits per heavy atom. The second-order valence-corrected chi connectivity index (χ2v) is 8.65. The SMILES string of the molecule is CC(C)(C)OC(=O)N1CCC(NC(=O)c2sc(Br)cc2N)C1. The fraction of sp³-hybridized carbons (Fsp3) is 0.571. The molecule has 8 heteroatoms. The first-order valence-corrected chi connectivity index (χ1v) is 8.60. The van der Waals surface area contributed by atoms with Crippen molar-refractivity contribution in [2.24, 2.45) is 0 Å². The van der Waals surface area contributed by atoms with Gasteiger partial charge in [-0.05, 0) is 49.2 Å². The van der Waals surface area contributed by atoms with Crippen molar-refractivity contribution in [3.63, 3.8) is 0 Å². The second kappa shape index (κ2) is 6.45. The van der Waals surface area contributed by atoms with Crippen LogP contribution in [0.3, 0.4) is 0 Å². The molecule has 0 aliphatic carbocycles. The maximum Gasteiger partial charge on any atom is 0.410 e. The van der Waals surface area contributed by atoms with Crippen LogP contribution in [0.15, 0.2) is 9.85 Å². The van der Waals surface area contributed by atoms with Crippen molar-refractivity contribution < 1.29 is 14.3 Å². The largest absolute Gasteiger partial charge is 0.444 e. The Labute approximate surface area is 142 Å². The van der Waals surface area contributed by atoms with Crippen molar-refractivity contribution >= 4 is 45.0 Å². The van der Waals surface area contributed by atoms with E-state index in [1.165, 1.54) is 11.3 Å². The minimum absolute atomic E-state index is 0.0831. The van der Waals surface area contributed by atoms with E-state index in [4.69, 9.17) is 10.5 Å². The summed E-state index contributed by atoms with van der Waals surface area (Å²) >= 11 is 4.60. The number of likely N-dealkylation sites (tertiary alicyclic amines) is 1. The third kappa shape index (κ3) is 4.36. The monoisotopic (exact) mass is 389 g/mol. The molecule has 6 nitrogen and oxygen atoms in total. The Kier molecular flexibility index (Phi) is 5.01. The van der Waals surface area contributed by atoms with Gasteiger partial charge in [-0.3, -0.25) is 4.79 Å². The molecule has 1 aliphatic heterocycles. The first-order chi connectivity index (χ1) is 10.2. The molecule has 22 heavy (non-hydrogen) atoms. The molecule has 1 saturated heterocycles. The number of hydrogen-bond acceptors (Lipinski definition) is 5. The summed E-state index contributed by atoms with van der Waals surface area (Å²) in [6.07, 6.45) is 0.361. The van der Waals surface area contributed by atoms with E-state index < -0.39 is 5.60 Å². The smallest absolute Gasteiger partial charge is 0.410 e. The highest BCUT2D eigenvalue weighted by molar-refractivity contribution is 9.11. The fourth-order valence-electron chi connectivity index (χ4n) is 2.17. The molecular formula is C14H20BrN3O3S. The number of amides is 2. The number of carbonyl (C=O) groups is 2. The molecule has 3 N–H and O–H groups in total. The van der Waals surface area contributed by atoms with Gasteiger partial charge in [0.1, 0.15) is 10.5 Å². The highest BCUT2D eigenvalue weighted by Gasteiger charge is 2.31. The van der Waals surface area contributed by atoms with Crippen molar-refractivity contribution in [3.05, 3.63) is 14.7 Å². The number of hydrogen-bond donors (Lipinski definition) is 2. The van der Waals surface area contributed by atoms with E-state index in [9.17, 15) is 9.59 Å². The number of nitrogens with zero attached hydrogens (tertiary/aromatic N) is 1. The van der Waals surface area contributed by atoms with E-state index in [-0.39, 0.29) is 18.0 Å². The summed E-state index contributed by atoms with van der Waals surface area (Å²) in [6, 6.07) is 1.63. The van der Waals surface area contributed by atoms with Crippen LogP contribution in [0.25, 0.3) is 0 Å². The van der Waals surface area contributed by atoms with Gasteiger partial charge >= 0.3 is 6.09 Å². The Bertz CT molecular complexity index is 582. The molecule has 1 aliphatic rings. The van der Waals surface area contributed by atoms with E-state index in [1.807, 2.05) is 20.8 Å². The molecule has 0 spiro atoms. The van der Waals surface area contributed by atoms with Crippen molar-refractivity contribution in [1.29, 1.82) is 0 Å². The highest BCUT2D eigenvalue weighted by Crippen LogP contribution is 2.29. The summed E-state index contributed by atoms with van der Waals surface area (Å²) in [6.45, 7) is 6.52. The number of halogens is 1. The third-order valence-corrected chi connectivity index (χ3v) is 4.76. The molecule has 1 fully saturated rings. The van der Waals surface area contributed by atoms with E-state index in [0.717, 1.165) is 3.79 Å². The third-order valence-electron chi connectivity index (χ3n) is 3.11. The van der Waals surface area contributed by atoms with Crippen LogP contribution in [0.2, 0.25) is 0 Å². The van der Waals surface area contributed by atoms with E-state index in [0.29, 0.717) is 30.1 Å². The summed E-state index contributed by atoms with van der Waals surface area (Å²) < 4.78 is 6.15. The zero-order chi connectivity index (χ0) is 16.5. The first-order valence-electron chi connectivity index (χ1n) is 6.99. The summed E-state index contributed by atoms with van der Waals surface area (Å²) in [5, 5.41) is 2.92. The number of nitrogens with one attached hydrogen (secondary N) is 1. The number of anilines is 1. The van der Waals surface area contributed by atoms with Gasteiger partial charge in [-0.15, -0.1) is 11.3 Å². The average Bonchev–Trinajstić information content (AvgIpc) is 2.94. The van der Waals surface area contributed by atoms with Crippen molar-refractivity contribution in [2.75, 3.05) is 18.8 Å². The minimum atomic E-state index is -0.518. The number of rotatable bonds is 2. The lowest BCUT2D eigenvalue weighted by Gasteiger charge is -2.24. The summed E-state index contributed by atoms with van der Waals surface area (Å²) in [5.41, 5.74) is 5.73. The number of nitrogens with two attached hydrogens (primary N) is 1. The van der Waals surface area contributed by atoms with Gasteiger partial charge in [0.25, 0.3) is 5.91 Å². The quantitative estimate of drug-likeness (QED) is 0.813. The van der Waals surface area contributed by atoms with E-state index in [1.54, 1.807) is 11.0 Å². The molecule has 1 unspecified atom stereocenters. The Balaban J connectivity index is 1.90. The zero-order valence-electron chi connectivity index (χ0n) is 12.8. The number of thiophene rings is 1. The Morgan fingerprint density at radius 2 is 2.18 bits per heavy atom. The molecule has 0 saturated carbocycles. The maximum atomic E-state index is 12.2. The molecule has 0 radical (unpaired) electrons. The normalized spacial score (nSPS) is 18.4. The Hall–Kier alpha value is -1.28. The van der Waals surface area contributed by atoms with Crippen LogP contribution in [-0.2, 0) is 4.74 Å². The number of ether oxygens (including phenoxy) is 1. The van der Waals surface area contributed by atoms with Crippen LogP contribution in [0, 0.1) is 0 Å². The lowest BCUT2D eigenvalue weighted by Crippen LogP contribution is -2.40. The summed E-state index contributed by atoms with van der Waals surface area (Å²) in [5.74, 6) is -0.204. The van der Waals surface area contributed by atoms with Gasteiger partial charge in [0.15, 0.2) is 0 Å². The first kappa shape index (κ1) is 17.1. The minimum Gasteiger partial charge on any atom is -0.444 e. The van der Waals surface area contributed by atoms with E-state index in [2.05, 4.69) is 21.2 Å². The van der Waals surface area contributed by atoms with Crippen LogP contribution >= 0.6 is 27.3 Å². The predicted molar refractivity (Wildman–Crippen MR) is 90.1 cm³/mol. The topological polar surface area (TPSA) is 84.7 Å². The number of carbonyl (C=O) groups excluding carboxylic acids is 2. The molecule has 0 bridgehead atoms. The van der Waals surface area contributed by atoms with Gasteiger partial charge in [-0.1, -0.05) is 0 Å². The van der Waals surface area contributed by atoms with Gasteiger partial charge in [0.05, 0.1) is 9.47 Å². The zero-order valence-corrected chi connectivity index (χ0v) is 15.2. The van der Waals surface area contributed by atoms with Crippen LogP contribution in [0.5, 0.6) is 0 Å². The van der Waals surface area contributed by atoms with Gasteiger partial charge in [-0.25, -0.2) is 4.79 Å².